The highest BCUT2D eigenvalue weighted by molar-refractivity contribution is 6.05. The third kappa shape index (κ3) is 5.08. The number of benzene rings is 2. The van der Waals surface area contributed by atoms with Crippen LogP contribution in [-0.2, 0) is 27.4 Å². The first kappa shape index (κ1) is 26.1. The van der Waals surface area contributed by atoms with Crippen molar-refractivity contribution in [3.63, 3.8) is 0 Å². The zero-order chi connectivity index (χ0) is 28.1. The highest BCUT2D eigenvalue weighted by Gasteiger charge is 2.39. The highest BCUT2D eigenvalue weighted by atomic mass is 16.5. The summed E-state index contributed by atoms with van der Waals surface area (Å²) >= 11 is 0. The molecule has 41 heavy (non-hydrogen) atoms. The fourth-order valence-electron chi connectivity index (χ4n) is 6.63. The number of aromatic nitrogens is 1. The number of nitrogens with one attached hydrogen (secondary N) is 1. The van der Waals surface area contributed by atoms with Crippen molar-refractivity contribution >= 4 is 28.6 Å². The molecule has 212 valence electrons. The molecule has 1 aliphatic carbocycles. The number of amides is 3. The number of imide groups is 1. The zero-order valence-corrected chi connectivity index (χ0v) is 23.2. The number of ether oxygens (including phenoxy) is 2. The summed E-state index contributed by atoms with van der Waals surface area (Å²) < 4.78 is 11.8. The lowest BCUT2D eigenvalue weighted by Gasteiger charge is -2.33. The summed E-state index contributed by atoms with van der Waals surface area (Å²) in [5.74, 6) is 0.392. The Morgan fingerprint density at radius 3 is 2.71 bits per heavy atom. The number of rotatable bonds is 7. The molecule has 3 aliphatic heterocycles. The predicted octanol–water partition coefficient (Wildman–Crippen LogP) is 3.54. The molecular weight excluding hydrogens is 520 g/mol. The van der Waals surface area contributed by atoms with E-state index in [2.05, 4.69) is 40.5 Å². The zero-order valence-electron chi connectivity index (χ0n) is 23.2. The minimum absolute atomic E-state index is 0.0690. The Hall–Kier alpha value is -3.82. The number of likely N-dealkylation sites (tertiary alicyclic amines) is 1. The molecular formula is C32H34N4O5. The number of fused-ring (bicyclic) bond motifs is 2. The van der Waals surface area contributed by atoms with Gasteiger partial charge in [0.25, 0.3) is 5.91 Å². The number of carbonyl (C=O) groups is 3. The minimum Gasteiger partial charge on any atom is -0.489 e. The third-order valence-electron chi connectivity index (χ3n) is 9.05. The highest BCUT2D eigenvalue weighted by Crippen LogP contribution is 2.38. The van der Waals surface area contributed by atoms with Gasteiger partial charge in [-0.25, -0.2) is 0 Å². The molecule has 2 atom stereocenters. The molecule has 1 saturated carbocycles. The van der Waals surface area contributed by atoms with Crippen molar-refractivity contribution in [2.24, 2.45) is 0 Å². The summed E-state index contributed by atoms with van der Waals surface area (Å²) in [7, 11) is 1.78. The van der Waals surface area contributed by atoms with Crippen molar-refractivity contribution in [3.8, 4) is 5.75 Å². The third-order valence-corrected chi connectivity index (χ3v) is 9.05. The van der Waals surface area contributed by atoms with Crippen molar-refractivity contribution in [2.75, 3.05) is 20.2 Å². The Labute approximate surface area is 238 Å². The van der Waals surface area contributed by atoms with Crippen LogP contribution in [0.5, 0.6) is 5.75 Å². The second kappa shape index (κ2) is 10.5. The van der Waals surface area contributed by atoms with Crippen LogP contribution in [0.4, 0.5) is 0 Å². The van der Waals surface area contributed by atoms with Gasteiger partial charge in [-0.15, -0.1) is 0 Å². The van der Waals surface area contributed by atoms with E-state index in [-0.39, 0.29) is 24.3 Å². The van der Waals surface area contributed by atoms with Crippen LogP contribution in [0.25, 0.3) is 10.9 Å². The number of hydrogen-bond acceptors (Lipinski definition) is 7. The fourth-order valence-corrected chi connectivity index (χ4v) is 6.63. The van der Waals surface area contributed by atoms with E-state index in [4.69, 9.17) is 14.5 Å². The lowest BCUT2D eigenvalue weighted by molar-refractivity contribution is -0.136. The van der Waals surface area contributed by atoms with Gasteiger partial charge >= 0.3 is 0 Å². The van der Waals surface area contributed by atoms with E-state index in [9.17, 15) is 14.4 Å². The van der Waals surface area contributed by atoms with E-state index in [1.807, 2.05) is 12.1 Å². The monoisotopic (exact) mass is 554 g/mol. The molecule has 0 radical (unpaired) electrons. The van der Waals surface area contributed by atoms with Crippen LogP contribution >= 0.6 is 0 Å². The standard InChI is InChI=1S/C32H34N4O5/c1-40-25-13-21(14-25)28-7-3-20-12-19(2-6-27(20)33-28)16-35-11-10-24(18-35)41-23-4-5-26-22(15-23)17-36(32(26)39)29-8-9-30(37)34-31(29)38/h2-7,12,15,21,24-25,29H,8-11,13-14,16-18H2,1H3,(H,34,37,38). The number of methoxy groups -OCH3 is 1. The molecule has 3 amide bonds. The maximum absolute atomic E-state index is 13.0. The van der Waals surface area contributed by atoms with Gasteiger partial charge in [-0.1, -0.05) is 12.1 Å². The van der Waals surface area contributed by atoms with Crippen LogP contribution in [0.15, 0.2) is 48.5 Å². The second-order valence-electron chi connectivity index (χ2n) is 11.8. The molecule has 4 heterocycles. The Balaban J connectivity index is 0.952. The van der Waals surface area contributed by atoms with Crippen LogP contribution in [0.1, 0.15) is 65.2 Å². The molecule has 0 spiro atoms. The van der Waals surface area contributed by atoms with Crippen molar-refractivity contribution in [1.82, 2.24) is 20.1 Å². The average molecular weight is 555 g/mol. The summed E-state index contributed by atoms with van der Waals surface area (Å²) in [4.78, 5) is 45.7. The van der Waals surface area contributed by atoms with Crippen LogP contribution in [0, 0.1) is 0 Å². The van der Waals surface area contributed by atoms with Crippen LogP contribution < -0.4 is 10.1 Å². The van der Waals surface area contributed by atoms with Gasteiger partial charge in [-0.3, -0.25) is 29.6 Å². The Bertz CT molecular complexity index is 1530. The van der Waals surface area contributed by atoms with Crippen LogP contribution in [0.3, 0.4) is 0 Å². The topological polar surface area (TPSA) is 101 Å². The first-order chi connectivity index (χ1) is 19.9. The Morgan fingerprint density at radius 1 is 1.00 bits per heavy atom. The normalized spacial score (nSPS) is 26.3. The first-order valence-corrected chi connectivity index (χ1v) is 14.5. The molecule has 3 aromatic rings. The largest absolute Gasteiger partial charge is 0.489 e. The summed E-state index contributed by atoms with van der Waals surface area (Å²) in [6, 6.07) is 15.9. The van der Waals surface area contributed by atoms with Crippen molar-refractivity contribution < 1.29 is 23.9 Å². The van der Waals surface area contributed by atoms with Crippen LogP contribution in [0.2, 0.25) is 0 Å². The van der Waals surface area contributed by atoms with E-state index >= 15 is 0 Å². The number of hydrogen-bond donors (Lipinski definition) is 1. The molecule has 9 heteroatoms. The van der Waals surface area contributed by atoms with Gasteiger partial charge in [0.1, 0.15) is 17.9 Å². The van der Waals surface area contributed by atoms with E-state index < -0.39 is 11.9 Å². The summed E-state index contributed by atoms with van der Waals surface area (Å²) in [5, 5.41) is 3.52. The SMILES string of the molecule is COC1CC(c2ccc3cc(CN4CCC(Oc5ccc6c(c5)CN(C5CCC(=O)NC5=O)C6=O)C4)ccc3n2)C1. The van der Waals surface area contributed by atoms with Crippen LogP contribution in [-0.4, -0.2) is 71.0 Å². The van der Waals surface area contributed by atoms with Gasteiger partial charge in [0.2, 0.25) is 11.8 Å². The molecule has 2 saturated heterocycles. The fraction of sp³-hybridized carbons (Fsp3) is 0.438. The van der Waals surface area contributed by atoms with Crippen molar-refractivity contribution in [2.45, 2.75) is 69.4 Å². The van der Waals surface area contributed by atoms with E-state index in [1.165, 1.54) is 10.9 Å². The van der Waals surface area contributed by atoms with Crippen molar-refractivity contribution in [1.29, 1.82) is 0 Å². The van der Waals surface area contributed by atoms with Gasteiger partial charge < -0.3 is 14.4 Å². The number of piperidine rings is 1. The maximum Gasteiger partial charge on any atom is 0.255 e. The number of carbonyl (C=O) groups excluding carboxylic acids is 3. The molecule has 4 aliphatic rings. The molecule has 1 N–H and O–H groups in total. The lowest BCUT2D eigenvalue weighted by Crippen LogP contribution is -2.52. The minimum atomic E-state index is -0.611. The van der Waals surface area contributed by atoms with Gasteiger partial charge in [0.05, 0.1) is 11.6 Å². The first-order valence-electron chi connectivity index (χ1n) is 14.5. The molecule has 9 nitrogen and oxygen atoms in total. The van der Waals surface area contributed by atoms with E-state index in [0.717, 1.165) is 61.4 Å². The van der Waals surface area contributed by atoms with Gasteiger partial charge in [-0.05, 0) is 73.2 Å². The van der Waals surface area contributed by atoms with E-state index in [0.29, 0.717) is 30.6 Å². The molecule has 0 bridgehead atoms. The second-order valence-corrected chi connectivity index (χ2v) is 11.8. The Kier molecular flexibility index (Phi) is 6.71. The predicted molar refractivity (Wildman–Crippen MR) is 151 cm³/mol. The summed E-state index contributed by atoms with van der Waals surface area (Å²) in [5.41, 5.74) is 4.93. The molecule has 3 fully saturated rings. The van der Waals surface area contributed by atoms with E-state index in [1.54, 1.807) is 18.1 Å². The maximum atomic E-state index is 13.0. The van der Waals surface area contributed by atoms with Gasteiger partial charge in [0, 0.05) is 62.3 Å². The molecule has 2 unspecified atom stereocenters. The quantitative estimate of drug-likeness (QED) is 0.446. The number of pyridine rings is 1. The van der Waals surface area contributed by atoms with Crippen molar-refractivity contribution in [3.05, 3.63) is 70.9 Å². The number of nitrogens with zero attached hydrogens (tertiary/aromatic N) is 3. The molecule has 1 aromatic heterocycles. The molecule has 2 aromatic carbocycles. The molecule has 7 rings (SSSR count). The lowest BCUT2D eigenvalue weighted by atomic mass is 9.79. The smallest absolute Gasteiger partial charge is 0.255 e. The van der Waals surface area contributed by atoms with Gasteiger partial charge in [0.15, 0.2) is 0 Å². The summed E-state index contributed by atoms with van der Waals surface area (Å²) in [6.07, 6.45) is 4.08. The average Bonchev–Trinajstić information content (AvgIpc) is 3.51. The van der Waals surface area contributed by atoms with Gasteiger partial charge in [-0.2, -0.15) is 0 Å². The Morgan fingerprint density at radius 2 is 1.88 bits per heavy atom. The summed E-state index contributed by atoms with van der Waals surface area (Å²) in [6.45, 7) is 2.99.